The molecule has 0 radical (unpaired) electrons. The second kappa shape index (κ2) is 8.08. The quantitative estimate of drug-likeness (QED) is 0.637. The average molecular weight is 381 g/mol. The molecule has 2 heterocycles. The summed E-state index contributed by atoms with van der Waals surface area (Å²) in [6, 6.07) is 9.92. The Bertz CT molecular complexity index is 1000. The number of carbonyl (C=O) groups excluding carboxylic acids is 2. The minimum absolute atomic E-state index is 0.0141. The maximum atomic E-state index is 12.6. The molecule has 3 rings (SSSR count). The van der Waals surface area contributed by atoms with Gasteiger partial charge in [0.1, 0.15) is 17.3 Å². The summed E-state index contributed by atoms with van der Waals surface area (Å²) in [4.78, 5) is 36.5. The van der Waals surface area contributed by atoms with Gasteiger partial charge in [-0.1, -0.05) is 30.3 Å². The number of nitrogens with zero attached hydrogens (tertiary/aromatic N) is 3. The summed E-state index contributed by atoms with van der Waals surface area (Å²) in [5.74, 6) is 0.323. The molecule has 0 bridgehead atoms. The van der Waals surface area contributed by atoms with Gasteiger partial charge < -0.3 is 19.6 Å². The fourth-order valence-electron chi connectivity index (χ4n) is 3.01. The highest BCUT2D eigenvalue weighted by molar-refractivity contribution is 6.03. The van der Waals surface area contributed by atoms with E-state index < -0.39 is 5.97 Å². The van der Waals surface area contributed by atoms with E-state index in [1.165, 1.54) is 7.11 Å². The fraction of sp³-hybridized carbons (Fsp3) is 0.300. The molecule has 0 aliphatic rings. The monoisotopic (exact) mass is 381 g/mol. The Kier molecular flexibility index (Phi) is 5.58. The molecular formula is C20H23N5O3. The Balaban J connectivity index is 1.68. The Morgan fingerprint density at radius 1 is 1.18 bits per heavy atom. The third-order valence-electron chi connectivity index (χ3n) is 4.54. The third kappa shape index (κ3) is 3.80. The Labute approximate surface area is 163 Å². The zero-order valence-corrected chi connectivity index (χ0v) is 16.4. The molecule has 0 atom stereocenters. The minimum atomic E-state index is -0.636. The van der Waals surface area contributed by atoms with E-state index in [4.69, 9.17) is 4.74 Å². The van der Waals surface area contributed by atoms with Crippen LogP contribution in [0.4, 0.5) is 0 Å². The van der Waals surface area contributed by atoms with Crippen molar-refractivity contribution in [2.75, 3.05) is 13.7 Å². The number of amides is 1. The number of carbonyl (C=O) groups is 2. The van der Waals surface area contributed by atoms with Crippen LogP contribution >= 0.6 is 0 Å². The van der Waals surface area contributed by atoms with Crippen LogP contribution in [0, 0.1) is 13.8 Å². The molecule has 8 nitrogen and oxygen atoms in total. The number of imidazole rings is 2. The molecule has 1 amide bonds. The molecule has 2 aromatic heterocycles. The Morgan fingerprint density at radius 3 is 2.57 bits per heavy atom. The number of nitrogens with one attached hydrogen (secondary N) is 2. The second-order valence-corrected chi connectivity index (χ2v) is 6.44. The molecule has 2 N–H and O–H groups in total. The van der Waals surface area contributed by atoms with Gasteiger partial charge in [-0.05, 0) is 13.8 Å². The first-order valence-electron chi connectivity index (χ1n) is 8.93. The maximum absolute atomic E-state index is 12.6. The van der Waals surface area contributed by atoms with Crippen molar-refractivity contribution in [3.8, 4) is 11.3 Å². The van der Waals surface area contributed by atoms with Gasteiger partial charge in [0.25, 0.3) is 5.91 Å². The van der Waals surface area contributed by atoms with E-state index in [0.29, 0.717) is 18.8 Å². The van der Waals surface area contributed by atoms with Gasteiger partial charge >= 0.3 is 5.97 Å². The lowest BCUT2D eigenvalue weighted by Crippen LogP contribution is -2.29. The number of hydrogen-bond acceptors (Lipinski definition) is 5. The number of aromatic nitrogens is 4. The van der Waals surface area contributed by atoms with Crippen LogP contribution < -0.4 is 5.32 Å². The van der Waals surface area contributed by atoms with Crippen molar-refractivity contribution in [2.24, 2.45) is 7.05 Å². The van der Waals surface area contributed by atoms with Crippen LogP contribution in [0.25, 0.3) is 11.3 Å². The minimum Gasteiger partial charge on any atom is -0.464 e. The van der Waals surface area contributed by atoms with Gasteiger partial charge in [0.15, 0.2) is 5.69 Å². The molecule has 0 aliphatic carbocycles. The Morgan fingerprint density at radius 2 is 1.89 bits per heavy atom. The van der Waals surface area contributed by atoms with Crippen LogP contribution in [-0.2, 0) is 18.2 Å². The predicted octanol–water partition coefficient (Wildman–Crippen LogP) is 2.19. The number of H-pyrrole nitrogens is 1. The van der Waals surface area contributed by atoms with Gasteiger partial charge in [-0.15, -0.1) is 0 Å². The van der Waals surface area contributed by atoms with E-state index in [9.17, 15) is 9.59 Å². The van der Waals surface area contributed by atoms with Crippen LogP contribution in [0.1, 0.15) is 38.3 Å². The summed E-state index contributed by atoms with van der Waals surface area (Å²) >= 11 is 0. The Hall–Kier alpha value is -3.42. The second-order valence-electron chi connectivity index (χ2n) is 6.44. The lowest BCUT2D eigenvalue weighted by atomic mass is 10.1. The van der Waals surface area contributed by atoms with E-state index in [1.807, 2.05) is 37.3 Å². The summed E-state index contributed by atoms with van der Waals surface area (Å²) in [5, 5.41) is 2.82. The van der Waals surface area contributed by atoms with Crippen LogP contribution in [0.3, 0.4) is 0 Å². The summed E-state index contributed by atoms with van der Waals surface area (Å²) in [6.07, 6.45) is 0.532. The molecule has 146 valence electrons. The van der Waals surface area contributed by atoms with Gasteiger partial charge in [-0.2, -0.15) is 0 Å². The van der Waals surface area contributed by atoms with Crippen molar-refractivity contribution >= 4 is 11.9 Å². The van der Waals surface area contributed by atoms with Gasteiger partial charge in [0.05, 0.1) is 12.8 Å². The number of rotatable bonds is 6. The first-order chi connectivity index (χ1) is 13.4. The standard InChI is InChI=1S/C20H23N5O3/c1-12-16(14-8-6-5-7-9-14)24-15(22-12)10-11-21-19(26)18-17(20(27)28-4)23-13(2)25(18)3/h5-9H,10-11H2,1-4H3,(H,21,26)(H,22,24). The molecule has 0 saturated carbocycles. The summed E-state index contributed by atoms with van der Waals surface area (Å²) in [6.45, 7) is 4.06. The molecule has 0 saturated heterocycles. The topological polar surface area (TPSA) is 102 Å². The van der Waals surface area contributed by atoms with Gasteiger partial charge in [-0.3, -0.25) is 4.79 Å². The van der Waals surface area contributed by atoms with Crippen molar-refractivity contribution in [3.63, 3.8) is 0 Å². The average Bonchev–Trinajstić information content (AvgIpc) is 3.21. The molecule has 28 heavy (non-hydrogen) atoms. The molecular weight excluding hydrogens is 358 g/mol. The number of benzene rings is 1. The SMILES string of the molecule is COC(=O)c1nc(C)n(C)c1C(=O)NCCc1nc(-c2ccccc2)c(C)[nH]1. The maximum Gasteiger partial charge on any atom is 0.359 e. The summed E-state index contributed by atoms with van der Waals surface area (Å²) in [5.41, 5.74) is 3.12. The van der Waals surface area contributed by atoms with Crippen molar-refractivity contribution < 1.29 is 14.3 Å². The van der Waals surface area contributed by atoms with Crippen molar-refractivity contribution in [1.82, 2.24) is 24.8 Å². The van der Waals surface area contributed by atoms with Crippen LogP contribution in [0.15, 0.2) is 30.3 Å². The molecule has 0 unspecified atom stereocenters. The van der Waals surface area contributed by atoms with Crippen LogP contribution in [-0.4, -0.2) is 45.1 Å². The molecule has 0 spiro atoms. The summed E-state index contributed by atoms with van der Waals surface area (Å²) < 4.78 is 6.29. The highest BCUT2D eigenvalue weighted by Gasteiger charge is 2.25. The number of hydrogen-bond donors (Lipinski definition) is 2. The van der Waals surface area contributed by atoms with Gasteiger partial charge in [-0.25, -0.2) is 14.8 Å². The largest absolute Gasteiger partial charge is 0.464 e. The number of ether oxygens (including phenoxy) is 1. The smallest absolute Gasteiger partial charge is 0.359 e. The van der Waals surface area contributed by atoms with Gasteiger partial charge in [0.2, 0.25) is 0 Å². The fourth-order valence-corrected chi connectivity index (χ4v) is 3.01. The number of aryl methyl sites for hydroxylation is 2. The number of aromatic amines is 1. The first-order valence-corrected chi connectivity index (χ1v) is 8.93. The molecule has 8 heteroatoms. The highest BCUT2D eigenvalue weighted by atomic mass is 16.5. The van der Waals surface area contributed by atoms with Crippen molar-refractivity contribution in [1.29, 1.82) is 0 Å². The molecule has 0 aliphatic heterocycles. The van der Waals surface area contributed by atoms with E-state index >= 15 is 0 Å². The lowest BCUT2D eigenvalue weighted by molar-refractivity contribution is 0.0589. The molecule has 3 aromatic rings. The van der Waals surface area contributed by atoms with E-state index in [0.717, 1.165) is 22.8 Å². The zero-order chi connectivity index (χ0) is 20.3. The van der Waals surface area contributed by atoms with Crippen molar-refractivity contribution in [2.45, 2.75) is 20.3 Å². The van der Waals surface area contributed by atoms with Gasteiger partial charge in [0, 0.05) is 31.3 Å². The molecule has 1 aromatic carbocycles. The van der Waals surface area contributed by atoms with E-state index in [2.05, 4.69) is 20.3 Å². The third-order valence-corrected chi connectivity index (χ3v) is 4.54. The first kappa shape index (κ1) is 19.3. The zero-order valence-electron chi connectivity index (χ0n) is 16.4. The van der Waals surface area contributed by atoms with Crippen molar-refractivity contribution in [3.05, 3.63) is 59.1 Å². The number of esters is 1. The highest BCUT2D eigenvalue weighted by Crippen LogP contribution is 2.20. The van der Waals surface area contributed by atoms with E-state index in [-0.39, 0.29) is 17.3 Å². The normalized spacial score (nSPS) is 10.7. The summed E-state index contributed by atoms with van der Waals surface area (Å²) in [7, 11) is 2.95. The lowest BCUT2D eigenvalue weighted by Gasteiger charge is -2.07. The van der Waals surface area contributed by atoms with Crippen LogP contribution in [0.2, 0.25) is 0 Å². The molecule has 0 fully saturated rings. The predicted molar refractivity (Wildman–Crippen MR) is 104 cm³/mol. The van der Waals surface area contributed by atoms with Crippen LogP contribution in [0.5, 0.6) is 0 Å². The number of methoxy groups -OCH3 is 1. The van der Waals surface area contributed by atoms with E-state index in [1.54, 1.807) is 18.5 Å².